The van der Waals surface area contributed by atoms with Crippen LogP contribution in [0.1, 0.15) is 20.3 Å². The first-order valence-electron chi connectivity index (χ1n) is 7.34. The molecule has 2 heterocycles. The summed E-state index contributed by atoms with van der Waals surface area (Å²) in [7, 11) is 0. The van der Waals surface area contributed by atoms with Crippen molar-refractivity contribution in [3.8, 4) is 0 Å². The minimum absolute atomic E-state index is 0.298. The van der Waals surface area contributed by atoms with Crippen LogP contribution in [0.5, 0.6) is 0 Å². The van der Waals surface area contributed by atoms with Gasteiger partial charge in [-0.15, -0.1) is 0 Å². The van der Waals surface area contributed by atoms with Gasteiger partial charge in [-0.1, -0.05) is 26.3 Å². The van der Waals surface area contributed by atoms with E-state index in [0.29, 0.717) is 12.0 Å². The standard InChI is InChI=1S/C15H26N4/c1-3-13(2)14(16)12-18-8-10-19(11-9-18)15-6-4-5-7-17-15/h4-7,13-14H,3,8-12,16H2,1-2H3/t13?,14-/m1/s1. The number of anilines is 1. The molecule has 0 radical (unpaired) electrons. The van der Waals surface area contributed by atoms with Crippen molar-refractivity contribution in [2.45, 2.75) is 26.3 Å². The fourth-order valence-corrected chi connectivity index (χ4v) is 2.48. The average Bonchev–Trinajstić information content (AvgIpc) is 2.48. The zero-order chi connectivity index (χ0) is 13.7. The second-order valence-electron chi connectivity index (χ2n) is 5.52. The molecule has 0 spiro atoms. The molecule has 19 heavy (non-hydrogen) atoms. The maximum absolute atomic E-state index is 6.24. The van der Waals surface area contributed by atoms with Gasteiger partial charge in [-0.25, -0.2) is 4.98 Å². The Morgan fingerprint density at radius 2 is 2.00 bits per heavy atom. The first-order valence-corrected chi connectivity index (χ1v) is 7.34. The minimum atomic E-state index is 0.298. The summed E-state index contributed by atoms with van der Waals surface area (Å²) in [6.45, 7) is 9.74. The number of nitrogens with two attached hydrogens (primary N) is 1. The molecule has 1 aromatic heterocycles. The van der Waals surface area contributed by atoms with E-state index in [9.17, 15) is 0 Å². The highest BCUT2D eigenvalue weighted by molar-refractivity contribution is 5.38. The lowest BCUT2D eigenvalue weighted by molar-refractivity contribution is 0.220. The van der Waals surface area contributed by atoms with Gasteiger partial charge in [0.15, 0.2) is 0 Å². The number of aromatic nitrogens is 1. The van der Waals surface area contributed by atoms with E-state index in [4.69, 9.17) is 5.73 Å². The lowest BCUT2D eigenvalue weighted by Crippen LogP contribution is -2.51. The lowest BCUT2D eigenvalue weighted by atomic mass is 9.99. The van der Waals surface area contributed by atoms with Crippen LogP contribution in [-0.4, -0.2) is 48.6 Å². The fraction of sp³-hybridized carbons (Fsp3) is 0.667. The molecule has 0 saturated carbocycles. The molecule has 0 aliphatic carbocycles. The summed E-state index contributed by atoms with van der Waals surface area (Å²) >= 11 is 0. The molecule has 2 atom stereocenters. The molecule has 2 rings (SSSR count). The van der Waals surface area contributed by atoms with Crippen LogP contribution in [0.15, 0.2) is 24.4 Å². The van der Waals surface area contributed by atoms with Gasteiger partial charge in [-0.2, -0.15) is 0 Å². The summed E-state index contributed by atoms with van der Waals surface area (Å²) in [5, 5.41) is 0. The Morgan fingerprint density at radius 3 is 2.58 bits per heavy atom. The van der Waals surface area contributed by atoms with E-state index in [1.807, 2.05) is 18.3 Å². The number of piperazine rings is 1. The lowest BCUT2D eigenvalue weighted by Gasteiger charge is -2.37. The highest BCUT2D eigenvalue weighted by Crippen LogP contribution is 2.14. The van der Waals surface area contributed by atoms with E-state index in [1.165, 1.54) is 0 Å². The van der Waals surface area contributed by atoms with Crippen LogP contribution in [0, 0.1) is 5.92 Å². The molecule has 1 aliphatic heterocycles. The number of hydrogen-bond acceptors (Lipinski definition) is 4. The van der Waals surface area contributed by atoms with Gasteiger partial charge >= 0.3 is 0 Å². The first kappa shape index (κ1) is 14.3. The quantitative estimate of drug-likeness (QED) is 0.875. The molecule has 4 nitrogen and oxygen atoms in total. The van der Waals surface area contributed by atoms with Crippen molar-refractivity contribution >= 4 is 5.82 Å². The van der Waals surface area contributed by atoms with Crippen LogP contribution in [0.4, 0.5) is 5.82 Å². The van der Waals surface area contributed by atoms with Gasteiger partial charge in [0.05, 0.1) is 0 Å². The van der Waals surface area contributed by atoms with Crippen LogP contribution < -0.4 is 10.6 Å². The highest BCUT2D eigenvalue weighted by atomic mass is 15.3. The molecule has 0 amide bonds. The molecule has 1 fully saturated rings. The third-order valence-electron chi connectivity index (χ3n) is 4.19. The smallest absolute Gasteiger partial charge is 0.128 e. The molecule has 2 N–H and O–H groups in total. The monoisotopic (exact) mass is 262 g/mol. The van der Waals surface area contributed by atoms with Gasteiger partial charge in [-0.3, -0.25) is 4.90 Å². The number of hydrogen-bond donors (Lipinski definition) is 1. The summed E-state index contributed by atoms with van der Waals surface area (Å²) in [6.07, 6.45) is 3.02. The molecule has 4 heteroatoms. The maximum atomic E-state index is 6.24. The van der Waals surface area contributed by atoms with Crippen molar-refractivity contribution < 1.29 is 0 Å². The largest absolute Gasteiger partial charge is 0.354 e. The molecule has 0 aromatic carbocycles. The van der Waals surface area contributed by atoms with Crippen molar-refractivity contribution in [2.24, 2.45) is 11.7 Å². The van der Waals surface area contributed by atoms with Crippen molar-refractivity contribution in [1.82, 2.24) is 9.88 Å². The van der Waals surface area contributed by atoms with Gasteiger partial charge in [0.25, 0.3) is 0 Å². The summed E-state index contributed by atoms with van der Waals surface area (Å²) in [5.74, 6) is 1.70. The summed E-state index contributed by atoms with van der Waals surface area (Å²) in [4.78, 5) is 9.25. The van der Waals surface area contributed by atoms with Crippen LogP contribution >= 0.6 is 0 Å². The Kier molecular flexibility index (Phi) is 5.16. The van der Waals surface area contributed by atoms with Gasteiger partial charge in [-0.05, 0) is 18.1 Å². The van der Waals surface area contributed by atoms with Crippen LogP contribution in [0.25, 0.3) is 0 Å². The van der Waals surface area contributed by atoms with Gasteiger partial charge in [0.1, 0.15) is 5.82 Å². The van der Waals surface area contributed by atoms with E-state index in [2.05, 4.69) is 34.7 Å². The minimum Gasteiger partial charge on any atom is -0.354 e. The SMILES string of the molecule is CCC(C)[C@H](N)CN1CCN(c2ccccn2)CC1. The predicted octanol–water partition coefficient (Wildman–Crippen LogP) is 1.58. The molecule has 1 aromatic rings. The summed E-state index contributed by atoms with van der Waals surface area (Å²) in [5.41, 5.74) is 6.24. The normalized spacial score (nSPS) is 20.3. The van der Waals surface area contributed by atoms with Crippen LogP contribution in [0.3, 0.4) is 0 Å². The maximum Gasteiger partial charge on any atom is 0.128 e. The molecule has 106 valence electrons. The van der Waals surface area contributed by atoms with Crippen molar-refractivity contribution in [3.63, 3.8) is 0 Å². The van der Waals surface area contributed by atoms with Gasteiger partial charge < -0.3 is 10.6 Å². The fourth-order valence-electron chi connectivity index (χ4n) is 2.48. The first-order chi connectivity index (χ1) is 9.20. The van der Waals surface area contributed by atoms with Gasteiger partial charge in [0, 0.05) is 45.0 Å². The zero-order valence-corrected chi connectivity index (χ0v) is 12.1. The van der Waals surface area contributed by atoms with E-state index < -0.39 is 0 Å². The molecule has 1 saturated heterocycles. The topological polar surface area (TPSA) is 45.4 Å². The van der Waals surface area contributed by atoms with Crippen LogP contribution in [-0.2, 0) is 0 Å². The molecule has 1 unspecified atom stereocenters. The van der Waals surface area contributed by atoms with E-state index in [0.717, 1.165) is 45.0 Å². The molecule has 0 bridgehead atoms. The average molecular weight is 262 g/mol. The predicted molar refractivity (Wildman–Crippen MR) is 80.3 cm³/mol. The second-order valence-corrected chi connectivity index (χ2v) is 5.52. The third kappa shape index (κ3) is 3.91. The Hall–Kier alpha value is -1.13. The van der Waals surface area contributed by atoms with E-state index in [-0.39, 0.29) is 0 Å². The van der Waals surface area contributed by atoms with Crippen molar-refractivity contribution in [3.05, 3.63) is 24.4 Å². The number of pyridine rings is 1. The molecule has 1 aliphatic rings. The Balaban J connectivity index is 1.80. The van der Waals surface area contributed by atoms with E-state index >= 15 is 0 Å². The van der Waals surface area contributed by atoms with Crippen molar-refractivity contribution in [1.29, 1.82) is 0 Å². The van der Waals surface area contributed by atoms with Crippen molar-refractivity contribution in [2.75, 3.05) is 37.6 Å². The highest BCUT2D eigenvalue weighted by Gasteiger charge is 2.21. The van der Waals surface area contributed by atoms with Gasteiger partial charge in [0.2, 0.25) is 0 Å². The summed E-state index contributed by atoms with van der Waals surface area (Å²) < 4.78 is 0. The van der Waals surface area contributed by atoms with E-state index in [1.54, 1.807) is 0 Å². The Labute approximate surface area is 116 Å². The number of rotatable bonds is 5. The zero-order valence-electron chi connectivity index (χ0n) is 12.1. The third-order valence-corrected chi connectivity index (χ3v) is 4.19. The summed E-state index contributed by atoms with van der Waals surface area (Å²) in [6, 6.07) is 6.39. The second kappa shape index (κ2) is 6.87. The number of nitrogens with zero attached hydrogens (tertiary/aromatic N) is 3. The Bertz CT molecular complexity index is 360. The Morgan fingerprint density at radius 1 is 1.26 bits per heavy atom. The van der Waals surface area contributed by atoms with Crippen LogP contribution in [0.2, 0.25) is 0 Å². The molecular formula is C15H26N4. The molecular weight excluding hydrogens is 236 g/mol.